The van der Waals surface area contributed by atoms with E-state index in [2.05, 4.69) is 42.5 Å². The summed E-state index contributed by atoms with van der Waals surface area (Å²) in [5, 5.41) is 0.728. The first-order valence-electron chi connectivity index (χ1n) is 11.7. The molecular weight excluding hydrogens is 454 g/mol. The Kier molecular flexibility index (Phi) is 7.26. The molecule has 1 aliphatic heterocycles. The van der Waals surface area contributed by atoms with Crippen LogP contribution in [0.1, 0.15) is 27.8 Å². The van der Waals surface area contributed by atoms with Gasteiger partial charge in [-0.2, -0.15) is 0 Å². The maximum absolute atomic E-state index is 6.42. The molecular formula is C31H26ClNO2. The van der Waals surface area contributed by atoms with Gasteiger partial charge in [0, 0.05) is 22.7 Å². The molecule has 0 saturated heterocycles. The van der Waals surface area contributed by atoms with Gasteiger partial charge in [0.25, 0.3) is 0 Å². The fourth-order valence-corrected chi connectivity index (χ4v) is 4.22. The van der Waals surface area contributed by atoms with Gasteiger partial charge in [-0.15, -0.1) is 0 Å². The van der Waals surface area contributed by atoms with E-state index in [0.717, 1.165) is 56.5 Å². The summed E-state index contributed by atoms with van der Waals surface area (Å²) in [4.78, 5) is 4.79. The zero-order chi connectivity index (χ0) is 23.9. The summed E-state index contributed by atoms with van der Waals surface area (Å²) in [7, 11) is 0. The smallest absolute Gasteiger partial charge is 0.165 e. The Bertz CT molecular complexity index is 1330. The minimum Gasteiger partial charge on any atom is -0.485 e. The molecule has 174 valence electrons. The van der Waals surface area contributed by atoms with Crippen LogP contribution in [0.25, 0.3) is 6.08 Å². The number of ether oxygens (including phenoxy) is 2. The first-order valence-corrected chi connectivity index (χ1v) is 12.1. The highest BCUT2D eigenvalue weighted by atomic mass is 35.5. The molecule has 0 atom stereocenters. The van der Waals surface area contributed by atoms with Crippen molar-refractivity contribution >= 4 is 23.4 Å². The van der Waals surface area contributed by atoms with Crippen molar-refractivity contribution in [1.82, 2.24) is 0 Å². The van der Waals surface area contributed by atoms with Crippen LogP contribution < -0.4 is 9.47 Å². The maximum Gasteiger partial charge on any atom is 0.165 e. The van der Waals surface area contributed by atoms with Gasteiger partial charge in [0.1, 0.15) is 13.2 Å². The van der Waals surface area contributed by atoms with Gasteiger partial charge < -0.3 is 9.47 Å². The topological polar surface area (TPSA) is 30.8 Å². The van der Waals surface area contributed by atoms with Crippen molar-refractivity contribution in [2.45, 2.75) is 19.6 Å². The lowest BCUT2D eigenvalue weighted by Gasteiger charge is -2.22. The summed E-state index contributed by atoms with van der Waals surface area (Å²) in [5.74, 6) is 1.56. The standard InChI is InChI=1S/C31H26ClNO2/c32-26-14-11-23(12-15-26)13-17-29-27-16-18-30(34-21-24-7-3-1-4-8-24)31(28(27)19-20-33-29)35-22-25-9-5-2-6-10-25/h1-18H,19-22H2/b17-13+. The van der Waals surface area contributed by atoms with Crippen LogP contribution in [0.4, 0.5) is 0 Å². The Labute approximate surface area is 211 Å². The monoisotopic (exact) mass is 479 g/mol. The fraction of sp³-hybridized carbons (Fsp3) is 0.129. The molecule has 0 amide bonds. The Morgan fingerprint density at radius 1 is 0.714 bits per heavy atom. The van der Waals surface area contributed by atoms with Gasteiger partial charge in [-0.1, -0.05) is 90.5 Å². The Morgan fingerprint density at radius 2 is 1.37 bits per heavy atom. The summed E-state index contributed by atoms with van der Waals surface area (Å²) >= 11 is 6.02. The molecule has 0 aromatic heterocycles. The van der Waals surface area contributed by atoms with E-state index in [-0.39, 0.29) is 0 Å². The van der Waals surface area contributed by atoms with Crippen molar-refractivity contribution in [3.63, 3.8) is 0 Å². The first kappa shape index (κ1) is 22.9. The summed E-state index contributed by atoms with van der Waals surface area (Å²) in [6.07, 6.45) is 4.93. The van der Waals surface area contributed by atoms with Gasteiger partial charge in [0.05, 0.1) is 5.71 Å². The van der Waals surface area contributed by atoms with Gasteiger partial charge in [0.2, 0.25) is 0 Å². The Morgan fingerprint density at radius 3 is 2.06 bits per heavy atom. The number of allylic oxidation sites excluding steroid dienone is 1. The second-order valence-electron chi connectivity index (χ2n) is 8.37. The van der Waals surface area contributed by atoms with E-state index in [9.17, 15) is 0 Å². The van der Waals surface area contributed by atoms with Gasteiger partial charge in [-0.3, -0.25) is 4.99 Å². The van der Waals surface area contributed by atoms with Crippen LogP contribution >= 0.6 is 11.6 Å². The number of hydrogen-bond donors (Lipinski definition) is 0. The lowest BCUT2D eigenvalue weighted by atomic mass is 9.95. The number of benzene rings is 4. The minimum absolute atomic E-state index is 0.478. The molecule has 3 nitrogen and oxygen atoms in total. The van der Waals surface area contributed by atoms with Crippen LogP contribution in [0.5, 0.6) is 11.5 Å². The number of halogens is 1. The van der Waals surface area contributed by atoms with Crippen LogP contribution in [0.3, 0.4) is 0 Å². The predicted molar refractivity (Wildman–Crippen MR) is 144 cm³/mol. The Hall–Kier alpha value is -3.82. The van der Waals surface area contributed by atoms with Crippen molar-refractivity contribution in [2.24, 2.45) is 4.99 Å². The van der Waals surface area contributed by atoms with E-state index < -0.39 is 0 Å². The summed E-state index contributed by atoms with van der Waals surface area (Å²) < 4.78 is 12.7. The average Bonchev–Trinajstić information content (AvgIpc) is 2.91. The molecule has 0 fully saturated rings. The number of hydrogen-bond acceptors (Lipinski definition) is 3. The molecule has 0 radical (unpaired) electrons. The van der Waals surface area contributed by atoms with Gasteiger partial charge in [-0.05, 0) is 53.5 Å². The van der Waals surface area contributed by atoms with Crippen molar-refractivity contribution in [1.29, 1.82) is 0 Å². The summed E-state index contributed by atoms with van der Waals surface area (Å²) in [5.41, 5.74) is 6.47. The van der Waals surface area contributed by atoms with Crippen LogP contribution in [-0.2, 0) is 19.6 Å². The molecule has 35 heavy (non-hydrogen) atoms. The van der Waals surface area contributed by atoms with Crippen LogP contribution in [-0.4, -0.2) is 12.3 Å². The maximum atomic E-state index is 6.42. The average molecular weight is 480 g/mol. The summed E-state index contributed by atoms with van der Waals surface area (Å²) in [6, 6.07) is 32.3. The van der Waals surface area contributed by atoms with Gasteiger partial charge in [-0.25, -0.2) is 0 Å². The first-order chi connectivity index (χ1) is 17.3. The normalized spacial score (nSPS) is 12.8. The molecule has 0 saturated carbocycles. The third-order valence-corrected chi connectivity index (χ3v) is 6.16. The lowest BCUT2D eigenvalue weighted by Crippen LogP contribution is -2.14. The number of fused-ring (bicyclic) bond motifs is 1. The highest BCUT2D eigenvalue weighted by molar-refractivity contribution is 6.30. The predicted octanol–water partition coefficient (Wildman–Crippen LogP) is 7.56. The van der Waals surface area contributed by atoms with E-state index in [0.29, 0.717) is 19.8 Å². The van der Waals surface area contributed by atoms with Crippen LogP contribution in [0.2, 0.25) is 5.02 Å². The summed E-state index contributed by atoms with van der Waals surface area (Å²) in [6.45, 7) is 1.67. The number of rotatable bonds is 8. The second kappa shape index (κ2) is 11.1. The molecule has 0 spiro atoms. The quantitative estimate of drug-likeness (QED) is 0.261. The Balaban J connectivity index is 1.44. The van der Waals surface area contributed by atoms with Gasteiger partial charge in [0.15, 0.2) is 11.5 Å². The second-order valence-corrected chi connectivity index (χ2v) is 8.81. The van der Waals surface area contributed by atoms with E-state index in [4.69, 9.17) is 26.1 Å². The highest BCUT2D eigenvalue weighted by Crippen LogP contribution is 2.37. The molecule has 0 N–H and O–H groups in total. The lowest BCUT2D eigenvalue weighted by molar-refractivity contribution is 0.253. The van der Waals surface area contributed by atoms with Crippen molar-refractivity contribution in [2.75, 3.05) is 6.54 Å². The van der Waals surface area contributed by atoms with E-state index >= 15 is 0 Å². The minimum atomic E-state index is 0.478. The van der Waals surface area contributed by atoms with Crippen LogP contribution in [0, 0.1) is 0 Å². The van der Waals surface area contributed by atoms with E-state index in [1.807, 2.05) is 66.7 Å². The van der Waals surface area contributed by atoms with Crippen molar-refractivity contribution in [3.8, 4) is 11.5 Å². The van der Waals surface area contributed by atoms with Gasteiger partial charge >= 0.3 is 0 Å². The number of nitrogens with zero attached hydrogens (tertiary/aromatic N) is 1. The molecule has 5 rings (SSSR count). The SMILES string of the molecule is Clc1ccc(/C=C/C2=NCCc3c2ccc(OCc2ccccc2)c3OCc2ccccc2)cc1. The number of aliphatic imine (C=N–C) groups is 1. The molecule has 4 aromatic carbocycles. The third kappa shape index (κ3) is 5.82. The third-order valence-electron chi connectivity index (χ3n) is 5.91. The molecule has 0 aliphatic carbocycles. The molecule has 1 heterocycles. The van der Waals surface area contributed by atoms with Crippen molar-refractivity contribution in [3.05, 3.63) is 136 Å². The zero-order valence-corrected chi connectivity index (χ0v) is 20.1. The largest absolute Gasteiger partial charge is 0.485 e. The van der Waals surface area contributed by atoms with E-state index in [1.165, 1.54) is 0 Å². The molecule has 4 aromatic rings. The molecule has 4 heteroatoms. The molecule has 0 bridgehead atoms. The fourth-order valence-electron chi connectivity index (χ4n) is 4.10. The van der Waals surface area contributed by atoms with Crippen molar-refractivity contribution < 1.29 is 9.47 Å². The van der Waals surface area contributed by atoms with Crippen LogP contribution in [0.15, 0.2) is 108 Å². The van der Waals surface area contributed by atoms with E-state index in [1.54, 1.807) is 0 Å². The zero-order valence-electron chi connectivity index (χ0n) is 19.4. The molecule has 0 unspecified atom stereocenters. The molecule has 1 aliphatic rings. The highest BCUT2D eigenvalue weighted by Gasteiger charge is 2.21.